The molecule has 1 aromatic heterocycles. The number of benzene rings is 1. The summed E-state index contributed by atoms with van der Waals surface area (Å²) in [4.78, 5) is -2.44. The Morgan fingerprint density at radius 1 is 1.23 bits per heavy atom. The van der Waals surface area contributed by atoms with E-state index in [2.05, 4.69) is 5.10 Å². The van der Waals surface area contributed by atoms with Gasteiger partial charge in [0.15, 0.2) is 0 Å². The van der Waals surface area contributed by atoms with E-state index < -0.39 is 32.1 Å². The van der Waals surface area contributed by atoms with Crippen LogP contribution in [0.5, 0.6) is 0 Å². The van der Waals surface area contributed by atoms with E-state index in [1.54, 1.807) is 22.6 Å². The molecule has 0 unspecified atom stereocenters. The lowest BCUT2D eigenvalue weighted by Crippen LogP contribution is -2.09. The highest BCUT2D eigenvalue weighted by Crippen LogP contribution is 3.02. The molecule has 22 heavy (non-hydrogen) atoms. The van der Waals surface area contributed by atoms with E-state index >= 15 is 0 Å². The van der Waals surface area contributed by atoms with Crippen LogP contribution in [0.2, 0.25) is 0 Å². The van der Waals surface area contributed by atoms with Gasteiger partial charge in [-0.1, -0.05) is 19.4 Å². The topological polar surface area (TPSA) is 41.6 Å². The Bertz CT molecular complexity index is 802. The number of aromatic nitrogens is 2. The van der Waals surface area contributed by atoms with Crippen LogP contribution in [0.25, 0.3) is 11.3 Å². The molecule has 120 valence electrons. The molecule has 0 fully saturated rings. The van der Waals surface area contributed by atoms with E-state index in [1.807, 2.05) is 0 Å². The number of aryl methyl sites for hydroxylation is 1. The van der Waals surface area contributed by atoms with Crippen LogP contribution in [0.15, 0.2) is 23.2 Å². The van der Waals surface area contributed by atoms with Gasteiger partial charge in [-0.2, -0.15) is 10.4 Å². The van der Waals surface area contributed by atoms with Gasteiger partial charge in [-0.15, -0.1) is 0 Å². The van der Waals surface area contributed by atoms with Crippen molar-refractivity contribution in [3.63, 3.8) is 0 Å². The van der Waals surface area contributed by atoms with Gasteiger partial charge in [0.05, 0.1) is 32.7 Å². The minimum atomic E-state index is -10.1. The van der Waals surface area contributed by atoms with E-state index in [4.69, 9.17) is 5.26 Å². The molecule has 2 rings (SSSR count). The standard InChI is InChI=1S/C11H6F6IN3S/c1-21-11(9(18)5-20-21)10-6(4-19)2-7(3-8(10)12)22(13,14,15,16)17/h2-3,5H,1H3. The molecule has 3 nitrogen and oxygen atoms in total. The monoisotopic (exact) mass is 453 g/mol. The van der Waals surface area contributed by atoms with Crippen molar-refractivity contribution in [2.45, 2.75) is 4.90 Å². The number of rotatable bonds is 2. The molecule has 0 saturated heterocycles. The van der Waals surface area contributed by atoms with E-state index in [0.717, 1.165) is 4.68 Å². The van der Waals surface area contributed by atoms with Crippen molar-refractivity contribution in [3.8, 4) is 17.3 Å². The van der Waals surface area contributed by atoms with Crippen LogP contribution in [0.3, 0.4) is 0 Å². The predicted octanol–water partition coefficient (Wildman–Crippen LogP) is 5.36. The molecule has 2 aromatic rings. The average Bonchev–Trinajstić information content (AvgIpc) is 2.65. The van der Waals surface area contributed by atoms with Crippen molar-refractivity contribution in [2.75, 3.05) is 0 Å². The molecular formula is C11H6F6IN3S. The summed E-state index contributed by atoms with van der Waals surface area (Å²) in [5, 5.41) is 12.7. The first kappa shape index (κ1) is 16.9. The molecule has 0 aliphatic carbocycles. The van der Waals surface area contributed by atoms with Crippen LogP contribution >= 0.6 is 32.8 Å². The van der Waals surface area contributed by atoms with Gasteiger partial charge in [0.1, 0.15) is 10.7 Å². The predicted molar refractivity (Wildman–Crippen MR) is 77.4 cm³/mol. The van der Waals surface area contributed by atoms with Crippen molar-refractivity contribution in [2.24, 2.45) is 7.05 Å². The summed E-state index contributed by atoms with van der Waals surface area (Å²) in [7, 11) is -8.69. The molecule has 0 bridgehead atoms. The fourth-order valence-corrected chi connectivity index (χ4v) is 3.24. The van der Waals surface area contributed by atoms with Crippen LogP contribution in [0, 0.1) is 20.7 Å². The number of halogens is 7. The van der Waals surface area contributed by atoms with Crippen molar-refractivity contribution >= 4 is 32.8 Å². The third-order valence-corrected chi connectivity index (χ3v) is 4.68. The SMILES string of the molecule is Cn1ncc(I)c1-c1c(F)cc(S(F)(F)(F)(F)F)cc1C#N. The van der Waals surface area contributed by atoms with Crippen molar-refractivity contribution in [1.29, 1.82) is 5.26 Å². The first-order valence-corrected chi connectivity index (χ1v) is 8.43. The molecule has 0 saturated carbocycles. The van der Waals surface area contributed by atoms with Gasteiger partial charge < -0.3 is 0 Å². The molecule has 0 aliphatic rings. The third kappa shape index (κ3) is 3.02. The van der Waals surface area contributed by atoms with Crippen LogP contribution in [-0.2, 0) is 7.05 Å². The zero-order chi connectivity index (χ0) is 17.0. The third-order valence-electron chi connectivity index (χ3n) is 2.76. The summed E-state index contributed by atoms with van der Waals surface area (Å²) in [6.45, 7) is 0. The summed E-state index contributed by atoms with van der Waals surface area (Å²) in [6.07, 6.45) is 1.30. The van der Waals surface area contributed by atoms with E-state index in [1.165, 1.54) is 19.3 Å². The summed E-state index contributed by atoms with van der Waals surface area (Å²) < 4.78 is 79.5. The van der Waals surface area contributed by atoms with Crippen molar-refractivity contribution in [3.05, 3.63) is 33.3 Å². The number of nitriles is 1. The minimum absolute atomic E-state index is 0.0309. The second-order valence-electron chi connectivity index (χ2n) is 4.37. The molecule has 0 aliphatic heterocycles. The van der Waals surface area contributed by atoms with Crippen LogP contribution < -0.4 is 0 Å². The van der Waals surface area contributed by atoms with Gasteiger partial charge in [-0.25, -0.2) is 4.39 Å². The van der Waals surface area contributed by atoms with Crippen molar-refractivity contribution < 1.29 is 23.8 Å². The zero-order valence-corrected chi connectivity index (χ0v) is 13.6. The lowest BCUT2D eigenvalue weighted by molar-refractivity contribution is 0.363. The Labute approximate surface area is 134 Å². The molecule has 0 N–H and O–H groups in total. The second-order valence-corrected chi connectivity index (χ2v) is 7.94. The van der Waals surface area contributed by atoms with Gasteiger partial charge in [0.2, 0.25) is 0 Å². The largest absolute Gasteiger partial charge is 0.310 e. The fraction of sp³-hybridized carbons (Fsp3) is 0.0909. The first-order valence-electron chi connectivity index (χ1n) is 5.40. The Morgan fingerprint density at radius 3 is 2.23 bits per heavy atom. The van der Waals surface area contributed by atoms with Gasteiger partial charge in [-0.05, 0) is 34.7 Å². The number of nitrogens with zero attached hydrogens (tertiary/aromatic N) is 3. The summed E-state index contributed by atoms with van der Waals surface area (Å²) in [5.74, 6) is -1.57. The highest BCUT2D eigenvalue weighted by molar-refractivity contribution is 14.1. The van der Waals surface area contributed by atoms with E-state index in [0.29, 0.717) is 3.57 Å². The highest BCUT2D eigenvalue weighted by atomic mass is 127. The molecule has 0 radical (unpaired) electrons. The van der Waals surface area contributed by atoms with Crippen molar-refractivity contribution in [1.82, 2.24) is 9.78 Å². The Kier molecular flexibility index (Phi) is 3.32. The molecule has 11 heteroatoms. The summed E-state index contributed by atoms with van der Waals surface area (Å²) in [5.41, 5.74) is -1.31. The summed E-state index contributed by atoms with van der Waals surface area (Å²) >= 11 is 1.74. The quantitative estimate of drug-likeness (QED) is 0.454. The highest BCUT2D eigenvalue weighted by Gasteiger charge is 2.65. The summed E-state index contributed by atoms with van der Waals surface area (Å²) in [6, 6.07) is 0.998. The van der Waals surface area contributed by atoms with Gasteiger partial charge in [0, 0.05) is 7.05 Å². The maximum Gasteiger partial charge on any atom is 0.310 e. The lowest BCUT2D eigenvalue weighted by atomic mass is 10.0. The lowest BCUT2D eigenvalue weighted by Gasteiger charge is -2.40. The second kappa shape index (κ2) is 4.31. The smallest absolute Gasteiger partial charge is 0.267 e. The first-order chi connectivity index (χ1) is 9.74. The maximum absolute atomic E-state index is 14.1. The van der Waals surface area contributed by atoms with Crippen LogP contribution in [0.1, 0.15) is 5.56 Å². The molecule has 0 amide bonds. The van der Waals surface area contributed by atoms with E-state index in [-0.39, 0.29) is 17.8 Å². The fourth-order valence-electron chi connectivity index (χ4n) is 1.83. The van der Waals surface area contributed by atoms with Gasteiger partial charge in [-0.3, -0.25) is 4.68 Å². The molecular weight excluding hydrogens is 447 g/mol. The molecule has 0 atom stereocenters. The number of hydrogen-bond acceptors (Lipinski definition) is 2. The zero-order valence-electron chi connectivity index (χ0n) is 10.6. The molecule has 1 aromatic carbocycles. The molecule has 0 spiro atoms. The Balaban J connectivity index is 2.86. The number of hydrogen-bond donors (Lipinski definition) is 0. The van der Waals surface area contributed by atoms with Crippen LogP contribution in [0.4, 0.5) is 23.8 Å². The van der Waals surface area contributed by atoms with Gasteiger partial charge >= 0.3 is 10.2 Å². The minimum Gasteiger partial charge on any atom is -0.267 e. The van der Waals surface area contributed by atoms with Crippen LogP contribution in [-0.4, -0.2) is 9.78 Å². The van der Waals surface area contributed by atoms with E-state index in [9.17, 15) is 23.8 Å². The maximum atomic E-state index is 14.1. The molecule has 1 heterocycles. The normalized spacial score (nSPS) is 15.0. The Hall–Kier alpha value is -1.42. The van der Waals surface area contributed by atoms with Gasteiger partial charge in [0.25, 0.3) is 0 Å². The Morgan fingerprint density at radius 2 is 1.82 bits per heavy atom. The average molecular weight is 453 g/mol.